The zero-order valence-corrected chi connectivity index (χ0v) is 11.7. The zero-order valence-electron chi connectivity index (χ0n) is 11.7. The molecule has 2 rings (SSSR count). The Kier molecular flexibility index (Phi) is 3.33. The van der Waals surface area contributed by atoms with E-state index in [2.05, 4.69) is 0 Å². The number of nitrogens with zero attached hydrogens (tertiary/aromatic N) is 1. The summed E-state index contributed by atoms with van der Waals surface area (Å²) in [6.45, 7) is 7.96. The van der Waals surface area contributed by atoms with Gasteiger partial charge in [-0.25, -0.2) is 0 Å². The molecule has 1 heterocycles. The minimum Gasteiger partial charge on any atom is -0.508 e. The van der Waals surface area contributed by atoms with E-state index in [9.17, 15) is 5.11 Å². The van der Waals surface area contributed by atoms with E-state index < -0.39 is 18.3 Å². The molecule has 0 aliphatic carbocycles. The molecule has 5 heteroatoms. The highest BCUT2D eigenvalue weighted by atomic mass is 16.7. The van der Waals surface area contributed by atoms with Crippen molar-refractivity contribution in [1.29, 1.82) is 5.26 Å². The molecular weight excluding hydrogens is 241 g/mol. The topological polar surface area (TPSA) is 62.5 Å². The van der Waals surface area contributed by atoms with Crippen molar-refractivity contribution in [3.05, 3.63) is 23.8 Å². The summed E-state index contributed by atoms with van der Waals surface area (Å²) in [5.74, 6) is 0.127. The van der Waals surface area contributed by atoms with E-state index in [4.69, 9.17) is 14.6 Å². The van der Waals surface area contributed by atoms with Crippen molar-refractivity contribution in [2.24, 2.45) is 0 Å². The molecule has 0 spiro atoms. The Morgan fingerprint density at radius 1 is 1.21 bits per heavy atom. The minimum absolute atomic E-state index is 0.127. The van der Waals surface area contributed by atoms with E-state index in [0.717, 1.165) is 5.46 Å². The van der Waals surface area contributed by atoms with Crippen molar-refractivity contribution in [2.45, 2.75) is 45.3 Å². The molecule has 1 saturated heterocycles. The maximum absolute atomic E-state index is 9.68. The van der Waals surface area contributed by atoms with Crippen LogP contribution in [0.4, 0.5) is 0 Å². The molecule has 19 heavy (non-hydrogen) atoms. The third-order valence-corrected chi connectivity index (χ3v) is 3.90. The lowest BCUT2D eigenvalue weighted by molar-refractivity contribution is 0.00578. The Labute approximate surface area is 114 Å². The standard InChI is InChI=1S/C14H18BNO3/c1-13(2)14(3,4)19-15(18-13)11-5-6-12(17)10(9-11)7-8-16/h5-6,9,17H,7H2,1-4H3. The molecule has 1 aliphatic rings. The summed E-state index contributed by atoms with van der Waals surface area (Å²) in [7, 11) is -0.469. The lowest BCUT2D eigenvalue weighted by Crippen LogP contribution is -2.41. The van der Waals surface area contributed by atoms with Crippen LogP contribution in [0.1, 0.15) is 33.3 Å². The van der Waals surface area contributed by atoms with Gasteiger partial charge in [0, 0.05) is 5.56 Å². The third kappa shape index (κ3) is 2.47. The Morgan fingerprint density at radius 3 is 2.32 bits per heavy atom. The summed E-state index contributed by atoms with van der Waals surface area (Å²) >= 11 is 0. The van der Waals surface area contributed by atoms with Gasteiger partial charge >= 0.3 is 7.12 Å². The van der Waals surface area contributed by atoms with Gasteiger partial charge in [0.2, 0.25) is 0 Å². The summed E-state index contributed by atoms with van der Waals surface area (Å²) in [6.07, 6.45) is 0.166. The lowest BCUT2D eigenvalue weighted by atomic mass is 9.78. The second-order valence-corrected chi connectivity index (χ2v) is 5.81. The molecule has 0 bridgehead atoms. The number of phenolic OH excluding ortho intramolecular Hbond substituents is 1. The fourth-order valence-electron chi connectivity index (χ4n) is 1.96. The van der Waals surface area contributed by atoms with Gasteiger partial charge in [-0.2, -0.15) is 5.26 Å². The Balaban J connectivity index is 2.30. The predicted octanol–water partition coefficient (Wildman–Crippen LogP) is 1.76. The van der Waals surface area contributed by atoms with E-state index >= 15 is 0 Å². The van der Waals surface area contributed by atoms with Crippen LogP contribution in [0, 0.1) is 11.3 Å². The Bertz CT molecular complexity index is 518. The highest BCUT2D eigenvalue weighted by molar-refractivity contribution is 6.62. The summed E-state index contributed by atoms with van der Waals surface area (Å²) < 4.78 is 11.9. The number of rotatable bonds is 2. The fourth-order valence-corrected chi connectivity index (χ4v) is 1.96. The molecular formula is C14H18BNO3. The van der Waals surface area contributed by atoms with Crippen LogP contribution in [-0.2, 0) is 15.7 Å². The Morgan fingerprint density at radius 2 is 1.79 bits per heavy atom. The monoisotopic (exact) mass is 259 g/mol. The van der Waals surface area contributed by atoms with Crippen LogP contribution < -0.4 is 5.46 Å². The average molecular weight is 259 g/mol. The van der Waals surface area contributed by atoms with E-state index in [1.54, 1.807) is 18.2 Å². The van der Waals surface area contributed by atoms with E-state index in [1.807, 2.05) is 33.8 Å². The molecule has 0 saturated carbocycles. The van der Waals surface area contributed by atoms with Crippen LogP contribution in [-0.4, -0.2) is 23.4 Å². The van der Waals surface area contributed by atoms with Crippen molar-refractivity contribution >= 4 is 12.6 Å². The van der Waals surface area contributed by atoms with Gasteiger partial charge in [0.25, 0.3) is 0 Å². The molecule has 1 aromatic carbocycles. The highest BCUT2D eigenvalue weighted by Crippen LogP contribution is 2.36. The van der Waals surface area contributed by atoms with E-state index in [-0.39, 0.29) is 12.2 Å². The quantitative estimate of drug-likeness (QED) is 0.822. The first-order chi connectivity index (χ1) is 8.77. The molecule has 0 aromatic heterocycles. The summed E-state index contributed by atoms with van der Waals surface area (Å²) in [5, 5.41) is 18.4. The second-order valence-electron chi connectivity index (χ2n) is 5.81. The molecule has 1 aliphatic heterocycles. The van der Waals surface area contributed by atoms with E-state index in [0.29, 0.717) is 5.56 Å². The summed E-state index contributed by atoms with van der Waals surface area (Å²) in [6, 6.07) is 7.14. The number of benzene rings is 1. The number of nitriles is 1. The molecule has 1 aromatic rings. The predicted molar refractivity (Wildman–Crippen MR) is 73.1 cm³/mol. The molecule has 100 valence electrons. The fraction of sp³-hybridized carbons (Fsp3) is 0.500. The van der Waals surface area contributed by atoms with Crippen molar-refractivity contribution < 1.29 is 14.4 Å². The number of hydrogen-bond donors (Lipinski definition) is 1. The Hall–Kier alpha value is -1.51. The minimum atomic E-state index is -0.469. The van der Waals surface area contributed by atoms with Gasteiger partial charge in [-0.3, -0.25) is 0 Å². The second kappa shape index (κ2) is 4.55. The molecule has 0 unspecified atom stereocenters. The van der Waals surface area contributed by atoms with Crippen molar-refractivity contribution in [3.63, 3.8) is 0 Å². The van der Waals surface area contributed by atoms with Crippen LogP contribution in [0.2, 0.25) is 0 Å². The van der Waals surface area contributed by atoms with Gasteiger partial charge in [0.1, 0.15) is 5.75 Å². The molecule has 1 fully saturated rings. The van der Waals surface area contributed by atoms with Gasteiger partial charge < -0.3 is 14.4 Å². The molecule has 0 atom stereocenters. The SMILES string of the molecule is CC1(C)OB(c2ccc(O)c(CC#N)c2)OC1(C)C. The average Bonchev–Trinajstić information content (AvgIpc) is 2.51. The van der Waals surface area contributed by atoms with Gasteiger partial charge in [0.15, 0.2) is 0 Å². The van der Waals surface area contributed by atoms with Crippen LogP contribution in [0.25, 0.3) is 0 Å². The number of hydrogen-bond acceptors (Lipinski definition) is 4. The van der Waals surface area contributed by atoms with Gasteiger partial charge in [-0.15, -0.1) is 0 Å². The molecule has 4 nitrogen and oxygen atoms in total. The zero-order chi connectivity index (χ0) is 14.3. The van der Waals surface area contributed by atoms with Crippen LogP contribution in [0.3, 0.4) is 0 Å². The van der Waals surface area contributed by atoms with Gasteiger partial charge in [-0.05, 0) is 39.2 Å². The molecule has 0 radical (unpaired) electrons. The molecule has 0 amide bonds. The first-order valence-electron chi connectivity index (χ1n) is 6.31. The lowest BCUT2D eigenvalue weighted by Gasteiger charge is -2.32. The van der Waals surface area contributed by atoms with E-state index in [1.165, 1.54) is 0 Å². The maximum Gasteiger partial charge on any atom is 0.494 e. The summed E-state index contributed by atoms with van der Waals surface area (Å²) in [5.41, 5.74) is 0.618. The highest BCUT2D eigenvalue weighted by Gasteiger charge is 2.51. The van der Waals surface area contributed by atoms with Crippen molar-refractivity contribution in [2.75, 3.05) is 0 Å². The summed E-state index contributed by atoms with van der Waals surface area (Å²) in [4.78, 5) is 0. The van der Waals surface area contributed by atoms with Gasteiger partial charge in [0.05, 0.1) is 23.7 Å². The first kappa shape index (κ1) is 13.9. The molecule has 1 N–H and O–H groups in total. The van der Waals surface area contributed by atoms with Crippen LogP contribution >= 0.6 is 0 Å². The van der Waals surface area contributed by atoms with Crippen LogP contribution in [0.5, 0.6) is 5.75 Å². The largest absolute Gasteiger partial charge is 0.508 e. The number of aromatic hydroxyl groups is 1. The van der Waals surface area contributed by atoms with Gasteiger partial charge in [-0.1, -0.05) is 12.1 Å². The first-order valence-corrected chi connectivity index (χ1v) is 6.31. The maximum atomic E-state index is 9.68. The smallest absolute Gasteiger partial charge is 0.494 e. The third-order valence-electron chi connectivity index (χ3n) is 3.90. The van der Waals surface area contributed by atoms with Crippen molar-refractivity contribution in [1.82, 2.24) is 0 Å². The van der Waals surface area contributed by atoms with Crippen LogP contribution in [0.15, 0.2) is 18.2 Å². The number of phenols is 1. The normalized spacial score (nSPS) is 20.3. The van der Waals surface area contributed by atoms with Crippen molar-refractivity contribution in [3.8, 4) is 11.8 Å².